The van der Waals surface area contributed by atoms with Gasteiger partial charge in [-0.25, -0.2) is 0 Å². The Morgan fingerprint density at radius 3 is 2.64 bits per heavy atom. The second kappa shape index (κ2) is 5.00. The molecule has 0 radical (unpaired) electrons. The Morgan fingerprint density at radius 2 is 2.09 bits per heavy atom. The van der Waals surface area contributed by atoms with Crippen molar-refractivity contribution in [2.45, 2.75) is 50.4 Å². The molecule has 66 valence electrons. The first-order valence-electron chi connectivity index (χ1n) is 4.66. The first-order valence-corrected chi connectivity index (χ1v) is 5.10. The SMILES string of the molecule is CC(Cl)CCNC1CCCC1. The van der Waals surface area contributed by atoms with Gasteiger partial charge in [0, 0.05) is 11.4 Å². The third-order valence-electron chi connectivity index (χ3n) is 2.33. The molecule has 2 heteroatoms. The van der Waals surface area contributed by atoms with Crippen LogP contribution in [-0.2, 0) is 0 Å². The summed E-state index contributed by atoms with van der Waals surface area (Å²) < 4.78 is 0. The molecule has 1 unspecified atom stereocenters. The number of hydrogen-bond donors (Lipinski definition) is 1. The van der Waals surface area contributed by atoms with Gasteiger partial charge in [0.15, 0.2) is 0 Å². The lowest BCUT2D eigenvalue weighted by Gasteiger charge is -2.11. The minimum atomic E-state index is 0.323. The fraction of sp³-hybridized carbons (Fsp3) is 1.00. The van der Waals surface area contributed by atoms with E-state index in [2.05, 4.69) is 12.2 Å². The second-order valence-electron chi connectivity index (χ2n) is 3.50. The molecule has 1 nitrogen and oxygen atoms in total. The van der Waals surface area contributed by atoms with Gasteiger partial charge in [-0.05, 0) is 32.7 Å². The fourth-order valence-corrected chi connectivity index (χ4v) is 1.73. The molecule has 0 bridgehead atoms. The van der Waals surface area contributed by atoms with Crippen molar-refractivity contribution >= 4 is 11.6 Å². The number of nitrogens with one attached hydrogen (secondary N) is 1. The highest BCUT2D eigenvalue weighted by Gasteiger charge is 2.13. The molecule has 0 spiro atoms. The molecule has 1 fully saturated rings. The largest absolute Gasteiger partial charge is 0.314 e. The predicted octanol–water partition coefficient (Wildman–Crippen LogP) is 2.54. The van der Waals surface area contributed by atoms with E-state index in [0.29, 0.717) is 5.38 Å². The smallest absolute Gasteiger partial charge is 0.0319 e. The van der Waals surface area contributed by atoms with Gasteiger partial charge in [-0.2, -0.15) is 0 Å². The third kappa shape index (κ3) is 3.97. The van der Waals surface area contributed by atoms with Crippen molar-refractivity contribution in [1.82, 2.24) is 5.32 Å². The van der Waals surface area contributed by atoms with E-state index in [1.807, 2.05) is 0 Å². The summed E-state index contributed by atoms with van der Waals surface area (Å²) in [5.41, 5.74) is 0. The topological polar surface area (TPSA) is 12.0 Å². The van der Waals surface area contributed by atoms with Crippen molar-refractivity contribution in [3.05, 3.63) is 0 Å². The molecule has 0 amide bonds. The van der Waals surface area contributed by atoms with Gasteiger partial charge in [0.1, 0.15) is 0 Å². The average Bonchev–Trinajstić information content (AvgIpc) is 2.39. The van der Waals surface area contributed by atoms with Crippen molar-refractivity contribution in [2.75, 3.05) is 6.54 Å². The zero-order chi connectivity index (χ0) is 8.10. The van der Waals surface area contributed by atoms with Crippen molar-refractivity contribution in [3.8, 4) is 0 Å². The molecule has 1 saturated carbocycles. The Morgan fingerprint density at radius 1 is 1.45 bits per heavy atom. The van der Waals surface area contributed by atoms with E-state index in [9.17, 15) is 0 Å². The maximum Gasteiger partial charge on any atom is 0.0319 e. The molecule has 11 heavy (non-hydrogen) atoms. The lowest BCUT2D eigenvalue weighted by atomic mass is 10.2. The van der Waals surface area contributed by atoms with Crippen LogP contribution in [0.1, 0.15) is 39.0 Å². The first-order chi connectivity index (χ1) is 5.29. The van der Waals surface area contributed by atoms with Gasteiger partial charge < -0.3 is 5.32 Å². The third-order valence-corrected chi connectivity index (χ3v) is 2.55. The van der Waals surface area contributed by atoms with Crippen molar-refractivity contribution in [3.63, 3.8) is 0 Å². The molecule has 1 atom stereocenters. The van der Waals surface area contributed by atoms with Crippen LogP contribution in [0.2, 0.25) is 0 Å². The summed E-state index contributed by atoms with van der Waals surface area (Å²) >= 11 is 5.82. The van der Waals surface area contributed by atoms with Crippen LogP contribution in [-0.4, -0.2) is 18.0 Å². The molecule has 0 aromatic carbocycles. The summed E-state index contributed by atoms with van der Waals surface area (Å²) in [4.78, 5) is 0. The van der Waals surface area contributed by atoms with E-state index in [1.165, 1.54) is 25.7 Å². The van der Waals surface area contributed by atoms with Gasteiger partial charge in [0.05, 0.1) is 0 Å². The zero-order valence-corrected chi connectivity index (χ0v) is 8.03. The summed E-state index contributed by atoms with van der Waals surface area (Å²) in [5, 5.41) is 3.85. The van der Waals surface area contributed by atoms with Crippen LogP contribution >= 0.6 is 11.6 Å². The van der Waals surface area contributed by atoms with Crippen LogP contribution in [0.5, 0.6) is 0 Å². The molecule has 0 aromatic rings. The molecule has 0 aliphatic heterocycles. The minimum absolute atomic E-state index is 0.323. The van der Waals surface area contributed by atoms with Gasteiger partial charge in [0.2, 0.25) is 0 Å². The first kappa shape index (κ1) is 9.34. The Balaban J connectivity index is 1.94. The maximum absolute atomic E-state index is 5.82. The van der Waals surface area contributed by atoms with Gasteiger partial charge in [-0.1, -0.05) is 12.8 Å². The molecule has 0 heterocycles. The number of hydrogen-bond acceptors (Lipinski definition) is 1. The van der Waals surface area contributed by atoms with E-state index < -0.39 is 0 Å². The van der Waals surface area contributed by atoms with Crippen molar-refractivity contribution < 1.29 is 0 Å². The van der Waals surface area contributed by atoms with Crippen LogP contribution in [0.25, 0.3) is 0 Å². The Labute approximate surface area is 74.5 Å². The summed E-state index contributed by atoms with van der Waals surface area (Å²) in [6.07, 6.45) is 6.66. The molecule has 1 aliphatic carbocycles. The van der Waals surface area contributed by atoms with E-state index >= 15 is 0 Å². The minimum Gasteiger partial charge on any atom is -0.314 e. The Kier molecular flexibility index (Phi) is 4.24. The van der Waals surface area contributed by atoms with Crippen molar-refractivity contribution in [1.29, 1.82) is 0 Å². The number of rotatable bonds is 4. The van der Waals surface area contributed by atoms with Crippen LogP contribution in [0.4, 0.5) is 0 Å². The van der Waals surface area contributed by atoms with E-state index in [0.717, 1.165) is 19.0 Å². The highest BCUT2D eigenvalue weighted by atomic mass is 35.5. The highest BCUT2D eigenvalue weighted by molar-refractivity contribution is 6.20. The molecule has 1 rings (SSSR count). The lowest BCUT2D eigenvalue weighted by Crippen LogP contribution is -2.27. The second-order valence-corrected chi connectivity index (χ2v) is 4.25. The maximum atomic E-state index is 5.82. The lowest BCUT2D eigenvalue weighted by molar-refractivity contribution is 0.514. The molecular weight excluding hydrogens is 158 g/mol. The molecule has 1 aliphatic rings. The van der Waals surface area contributed by atoms with Crippen LogP contribution in [0.15, 0.2) is 0 Å². The van der Waals surface area contributed by atoms with E-state index in [1.54, 1.807) is 0 Å². The standard InChI is InChI=1S/C9H18ClN/c1-8(10)6-7-11-9-4-2-3-5-9/h8-9,11H,2-7H2,1H3. The van der Waals surface area contributed by atoms with Gasteiger partial charge in [-0.15, -0.1) is 11.6 Å². The van der Waals surface area contributed by atoms with Gasteiger partial charge in [0.25, 0.3) is 0 Å². The number of alkyl halides is 1. The van der Waals surface area contributed by atoms with Crippen LogP contribution in [0, 0.1) is 0 Å². The quantitative estimate of drug-likeness (QED) is 0.648. The molecular formula is C9H18ClN. The average molecular weight is 176 g/mol. The molecule has 0 saturated heterocycles. The molecule has 1 N–H and O–H groups in total. The Hall–Kier alpha value is 0.250. The van der Waals surface area contributed by atoms with E-state index in [4.69, 9.17) is 11.6 Å². The fourth-order valence-electron chi connectivity index (χ4n) is 1.62. The van der Waals surface area contributed by atoms with Gasteiger partial charge in [-0.3, -0.25) is 0 Å². The Bertz CT molecular complexity index is 97.7. The van der Waals surface area contributed by atoms with Crippen molar-refractivity contribution in [2.24, 2.45) is 0 Å². The molecule has 0 aromatic heterocycles. The number of halogens is 1. The van der Waals surface area contributed by atoms with Crippen LogP contribution < -0.4 is 5.32 Å². The van der Waals surface area contributed by atoms with Gasteiger partial charge >= 0.3 is 0 Å². The van der Waals surface area contributed by atoms with E-state index in [-0.39, 0.29) is 0 Å². The summed E-state index contributed by atoms with van der Waals surface area (Å²) in [6, 6.07) is 0.797. The van der Waals surface area contributed by atoms with Crippen LogP contribution in [0.3, 0.4) is 0 Å². The zero-order valence-electron chi connectivity index (χ0n) is 7.28. The summed E-state index contributed by atoms with van der Waals surface area (Å²) in [6.45, 7) is 3.15. The highest BCUT2D eigenvalue weighted by Crippen LogP contribution is 2.17. The summed E-state index contributed by atoms with van der Waals surface area (Å²) in [5.74, 6) is 0. The normalized spacial score (nSPS) is 22.4. The predicted molar refractivity (Wildman–Crippen MR) is 50.2 cm³/mol. The monoisotopic (exact) mass is 175 g/mol. The summed E-state index contributed by atoms with van der Waals surface area (Å²) in [7, 11) is 0.